The Morgan fingerprint density at radius 2 is 1.88 bits per heavy atom. The first-order valence-electron chi connectivity index (χ1n) is 5.33. The van der Waals surface area contributed by atoms with E-state index < -0.39 is 0 Å². The predicted molar refractivity (Wildman–Crippen MR) is 60.0 cm³/mol. The molecule has 0 aliphatic heterocycles. The van der Waals surface area contributed by atoms with Crippen LogP contribution < -0.4 is 0 Å². The molecule has 0 saturated heterocycles. The maximum atomic E-state index is 11.1. The third-order valence-electron chi connectivity index (χ3n) is 2.64. The first-order valence-corrected chi connectivity index (χ1v) is 5.33. The van der Waals surface area contributed by atoms with Gasteiger partial charge >= 0.3 is 0 Å². The molecule has 1 aliphatic rings. The number of hydrogen-bond donors (Lipinski definition) is 1. The van der Waals surface area contributed by atoms with Gasteiger partial charge in [-0.2, -0.15) is 0 Å². The number of aliphatic hydroxyl groups excluding tert-OH is 1. The molecule has 1 aromatic carbocycles. The van der Waals surface area contributed by atoms with Crippen molar-refractivity contribution in [2.24, 2.45) is 0 Å². The smallest absolute Gasteiger partial charge is 0.197 e. The zero-order valence-electron chi connectivity index (χ0n) is 8.98. The first-order chi connectivity index (χ1) is 7.77. The number of carbonyl (C=O) groups excluding carboxylic acids is 1. The highest BCUT2D eigenvalue weighted by atomic mass is 16.5. The Kier molecular flexibility index (Phi) is 3.37. The van der Waals surface area contributed by atoms with E-state index in [-0.39, 0.29) is 11.5 Å². The highest BCUT2D eigenvalue weighted by Gasteiger charge is 2.21. The van der Waals surface area contributed by atoms with E-state index in [1.165, 1.54) is 0 Å². The van der Waals surface area contributed by atoms with Crippen molar-refractivity contribution in [3.05, 3.63) is 47.2 Å². The fourth-order valence-electron chi connectivity index (χ4n) is 1.71. The summed E-state index contributed by atoms with van der Waals surface area (Å²) in [6.07, 6.45) is 1.04. The van der Waals surface area contributed by atoms with Crippen LogP contribution in [-0.2, 0) is 16.1 Å². The molecule has 0 heterocycles. The summed E-state index contributed by atoms with van der Waals surface area (Å²) >= 11 is 0. The molecular formula is C13H14O3. The number of Topliss-reactive ketones (excluding diaryl/α,β-unsaturated/α-hetero) is 1. The summed E-state index contributed by atoms with van der Waals surface area (Å²) in [7, 11) is 0. The molecule has 1 aliphatic carbocycles. The maximum absolute atomic E-state index is 11.1. The van der Waals surface area contributed by atoms with E-state index in [9.17, 15) is 9.90 Å². The molecule has 0 unspecified atom stereocenters. The molecule has 0 amide bonds. The Balaban J connectivity index is 1.83. The summed E-state index contributed by atoms with van der Waals surface area (Å²) < 4.78 is 5.45. The standard InChI is InChI=1S/C13H14O3/c14-12-7-6-11(13(12)15)9-16-8-10-4-2-1-3-5-10/h1-5,15H,6-9H2. The molecule has 1 aromatic rings. The third kappa shape index (κ3) is 2.49. The summed E-state index contributed by atoms with van der Waals surface area (Å²) in [6.45, 7) is 0.846. The van der Waals surface area contributed by atoms with E-state index in [4.69, 9.17) is 4.74 Å². The SMILES string of the molecule is O=C1CCC(COCc2ccccc2)=C1O. The Morgan fingerprint density at radius 3 is 2.50 bits per heavy atom. The molecular weight excluding hydrogens is 204 g/mol. The van der Waals surface area contributed by atoms with Gasteiger partial charge in [0.05, 0.1) is 13.2 Å². The summed E-state index contributed by atoms with van der Waals surface area (Å²) in [5, 5.41) is 9.40. The lowest BCUT2D eigenvalue weighted by Gasteiger charge is -2.04. The lowest BCUT2D eigenvalue weighted by Crippen LogP contribution is -2.00. The number of carbonyl (C=O) groups is 1. The first kappa shape index (κ1) is 10.9. The molecule has 0 saturated carbocycles. The Labute approximate surface area is 94.4 Å². The van der Waals surface area contributed by atoms with E-state index in [0.717, 1.165) is 11.1 Å². The number of allylic oxidation sites excluding steroid dienone is 1. The van der Waals surface area contributed by atoms with Crippen LogP contribution in [-0.4, -0.2) is 17.5 Å². The van der Waals surface area contributed by atoms with Crippen LogP contribution in [0, 0.1) is 0 Å². The van der Waals surface area contributed by atoms with Crippen LogP contribution >= 0.6 is 0 Å². The van der Waals surface area contributed by atoms with Crippen LogP contribution in [0.5, 0.6) is 0 Å². The molecule has 3 heteroatoms. The van der Waals surface area contributed by atoms with Gasteiger partial charge in [-0.25, -0.2) is 0 Å². The quantitative estimate of drug-likeness (QED) is 0.844. The van der Waals surface area contributed by atoms with E-state index in [0.29, 0.717) is 26.1 Å². The van der Waals surface area contributed by atoms with Gasteiger partial charge in [-0.15, -0.1) is 0 Å². The Bertz CT molecular complexity index is 406. The van der Waals surface area contributed by atoms with Crippen molar-refractivity contribution in [2.75, 3.05) is 6.61 Å². The van der Waals surface area contributed by atoms with Crippen LogP contribution in [0.4, 0.5) is 0 Å². The van der Waals surface area contributed by atoms with E-state index in [2.05, 4.69) is 0 Å². The summed E-state index contributed by atoms with van der Waals surface area (Å²) in [5.41, 5.74) is 1.81. The van der Waals surface area contributed by atoms with Gasteiger partial charge in [0.25, 0.3) is 0 Å². The lowest BCUT2D eigenvalue weighted by atomic mass is 10.2. The van der Waals surface area contributed by atoms with Crippen LogP contribution in [0.25, 0.3) is 0 Å². The largest absolute Gasteiger partial charge is 0.504 e. The number of aliphatic hydroxyl groups is 1. The molecule has 0 bridgehead atoms. The summed E-state index contributed by atoms with van der Waals surface area (Å²) in [5.74, 6) is -0.258. The van der Waals surface area contributed by atoms with Gasteiger partial charge < -0.3 is 9.84 Å². The van der Waals surface area contributed by atoms with Crippen molar-refractivity contribution in [3.63, 3.8) is 0 Å². The minimum absolute atomic E-state index is 0.0898. The number of ketones is 1. The molecule has 0 spiro atoms. The number of ether oxygens (including phenoxy) is 1. The number of rotatable bonds is 4. The molecule has 1 N–H and O–H groups in total. The molecule has 2 rings (SSSR count). The van der Waals surface area contributed by atoms with Crippen LogP contribution in [0.3, 0.4) is 0 Å². The van der Waals surface area contributed by atoms with Crippen LogP contribution in [0.1, 0.15) is 18.4 Å². The lowest BCUT2D eigenvalue weighted by molar-refractivity contribution is -0.117. The van der Waals surface area contributed by atoms with Gasteiger partial charge in [0, 0.05) is 12.0 Å². The highest BCUT2D eigenvalue weighted by Crippen LogP contribution is 2.21. The van der Waals surface area contributed by atoms with Gasteiger partial charge in [0.15, 0.2) is 11.5 Å². The fraction of sp³-hybridized carbons (Fsp3) is 0.308. The molecule has 84 valence electrons. The average Bonchev–Trinajstić information content (AvgIpc) is 2.62. The van der Waals surface area contributed by atoms with Crippen molar-refractivity contribution in [1.82, 2.24) is 0 Å². The Morgan fingerprint density at radius 1 is 1.12 bits per heavy atom. The maximum Gasteiger partial charge on any atom is 0.197 e. The number of hydrogen-bond acceptors (Lipinski definition) is 3. The predicted octanol–water partition coefficient (Wildman–Crippen LogP) is 2.38. The van der Waals surface area contributed by atoms with Crippen LogP contribution in [0.15, 0.2) is 41.7 Å². The summed E-state index contributed by atoms with van der Waals surface area (Å²) in [6, 6.07) is 9.82. The van der Waals surface area contributed by atoms with Crippen molar-refractivity contribution in [2.45, 2.75) is 19.4 Å². The van der Waals surface area contributed by atoms with Gasteiger partial charge in [0.1, 0.15) is 0 Å². The molecule has 16 heavy (non-hydrogen) atoms. The number of benzene rings is 1. The molecule has 0 radical (unpaired) electrons. The van der Waals surface area contributed by atoms with Crippen molar-refractivity contribution in [3.8, 4) is 0 Å². The van der Waals surface area contributed by atoms with Gasteiger partial charge in [-0.3, -0.25) is 4.79 Å². The van der Waals surface area contributed by atoms with Crippen molar-refractivity contribution in [1.29, 1.82) is 0 Å². The minimum Gasteiger partial charge on any atom is -0.504 e. The minimum atomic E-state index is -0.168. The highest BCUT2D eigenvalue weighted by molar-refractivity contribution is 5.96. The monoisotopic (exact) mass is 218 g/mol. The van der Waals surface area contributed by atoms with Gasteiger partial charge in [0.2, 0.25) is 0 Å². The summed E-state index contributed by atoms with van der Waals surface area (Å²) in [4.78, 5) is 11.1. The van der Waals surface area contributed by atoms with E-state index in [1.54, 1.807) is 0 Å². The second-order valence-corrected chi connectivity index (χ2v) is 3.85. The van der Waals surface area contributed by atoms with Crippen molar-refractivity contribution < 1.29 is 14.6 Å². The van der Waals surface area contributed by atoms with Crippen LogP contribution in [0.2, 0.25) is 0 Å². The zero-order chi connectivity index (χ0) is 11.4. The van der Waals surface area contributed by atoms with Crippen molar-refractivity contribution >= 4 is 5.78 Å². The van der Waals surface area contributed by atoms with Gasteiger partial charge in [-0.05, 0) is 12.0 Å². The normalized spacial score (nSPS) is 15.9. The fourth-order valence-corrected chi connectivity index (χ4v) is 1.71. The second kappa shape index (κ2) is 4.94. The molecule has 3 nitrogen and oxygen atoms in total. The third-order valence-corrected chi connectivity index (χ3v) is 2.64. The van der Waals surface area contributed by atoms with Gasteiger partial charge in [-0.1, -0.05) is 30.3 Å². The molecule has 0 fully saturated rings. The van der Waals surface area contributed by atoms with E-state index >= 15 is 0 Å². The Hall–Kier alpha value is -1.61. The second-order valence-electron chi connectivity index (χ2n) is 3.85. The average molecular weight is 218 g/mol. The molecule has 0 aromatic heterocycles. The van der Waals surface area contributed by atoms with E-state index in [1.807, 2.05) is 30.3 Å². The zero-order valence-corrected chi connectivity index (χ0v) is 8.98. The molecule has 0 atom stereocenters. The topological polar surface area (TPSA) is 46.5 Å².